The molecule has 7 nitrogen and oxygen atoms in total. The van der Waals surface area contributed by atoms with Gasteiger partial charge in [-0.15, -0.1) is 0 Å². The third kappa shape index (κ3) is 4.09. The van der Waals surface area contributed by atoms with E-state index in [0.717, 1.165) is 21.5 Å². The lowest BCUT2D eigenvalue weighted by molar-refractivity contribution is 0.222. The number of nitrogens with one attached hydrogen (secondary N) is 1. The van der Waals surface area contributed by atoms with Crippen LogP contribution in [0.4, 0.5) is 5.95 Å². The largest absolute Gasteiger partial charge is 0.490 e. The Morgan fingerprint density at radius 3 is 2.73 bits per heavy atom. The van der Waals surface area contributed by atoms with Crippen LogP contribution in [-0.2, 0) is 13.6 Å². The Bertz CT molecular complexity index is 630. The Balaban J connectivity index is 2.20. The first-order valence-corrected chi connectivity index (χ1v) is 7.88. The molecule has 0 saturated heterocycles. The van der Waals surface area contributed by atoms with Gasteiger partial charge in [0.2, 0.25) is 5.95 Å². The smallest absolute Gasteiger partial charge is 0.242 e. The van der Waals surface area contributed by atoms with Gasteiger partial charge in [-0.2, -0.15) is 0 Å². The van der Waals surface area contributed by atoms with E-state index in [9.17, 15) is 0 Å². The molecule has 8 heteroatoms. The summed E-state index contributed by atoms with van der Waals surface area (Å²) in [6.07, 6.45) is 0.0733. The highest BCUT2D eigenvalue weighted by molar-refractivity contribution is 9.10. The second kappa shape index (κ2) is 7.44. The number of halogens is 1. The van der Waals surface area contributed by atoms with Crippen LogP contribution in [0.3, 0.4) is 0 Å². The Kier molecular flexibility index (Phi) is 5.59. The molecule has 0 aliphatic carbocycles. The minimum atomic E-state index is 0.0733. The zero-order valence-corrected chi connectivity index (χ0v) is 14.7. The SMILES string of the molecule is CCOc1cc(CNc2nnnn2C)cc(Br)c1OC(C)C. The Morgan fingerprint density at radius 2 is 2.14 bits per heavy atom. The Labute approximate surface area is 138 Å². The van der Waals surface area contributed by atoms with Gasteiger partial charge in [0.25, 0.3) is 0 Å². The summed E-state index contributed by atoms with van der Waals surface area (Å²) in [5.74, 6) is 2.05. The maximum Gasteiger partial charge on any atom is 0.242 e. The Morgan fingerprint density at radius 1 is 1.36 bits per heavy atom. The number of anilines is 1. The van der Waals surface area contributed by atoms with Crippen LogP contribution in [0.1, 0.15) is 26.3 Å². The number of rotatable bonds is 7. The third-order valence-electron chi connectivity index (χ3n) is 2.79. The zero-order chi connectivity index (χ0) is 16.1. The molecule has 0 spiro atoms. The molecule has 1 N–H and O–H groups in total. The Hall–Kier alpha value is -1.83. The van der Waals surface area contributed by atoms with Crippen molar-refractivity contribution in [3.63, 3.8) is 0 Å². The maximum atomic E-state index is 5.82. The molecule has 22 heavy (non-hydrogen) atoms. The number of aryl methyl sites for hydroxylation is 1. The first kappa shape index (κ1) is 16.5. The predicted molar refractivity (Wildman–Crippen MR) is 87.2 cm³/mol. The van der Waals surface area contributed by atoms with Crippen molar-refractivity contribution in [2.75, 3.05) is 11.9 Å². The van der Waals surface area contributed by atoms with Gasteiger partial charge in [-0.05, 0) is 64.8 Å². The molecule has 2 aromatic rings. The van der Waals surface area contributed by atoms with Gasteiger partial charge in [0, 0.05) is 13.6 Å². The van der Waals surface area contributed by atoms with Gasteiger partial charge in [-0.3, -0.25) is 0 Å². The highest BCUT2D eigenvalue weighted by atomic mass is 79.9. The summed E-state index contributed by atoms with van der Waals surface area (Å²) >= 11 is 3.55. The molecule has 0 bridgehead atoms. The molecule has 0 fully saturated rings. The van der Waals surface area contributed by atoms with Crippen molar-refractivity contribution in [1.82, 2.24) is 20.2 Å². The van der Waals surface area contributed by atoms with Crippen LogP contribution in [0.5, 0.6) is 11.5 Å². The van der Waals surface area contributed by atoms with Crippen LogP contribution in [0.2, 0.25) is 0 Å². The molecular formula is C14H20BrN5O2. The highest BCUT2D eigenvalue weighted by Gasteiger charge is 2.14. The molecule has 0 aliphatic rings. The molecule has 0 atom stereocenters. The van der Waals surface area contributed by atoms with Gasteiger partial charge >= 0.3 is 0 Å². The molecule has 0 saturated carbocycles. The van der Waals surface area contributed by atoms with E-state index in [-0.39, 0.29) is 6.10 Å². The number of aromatic nitrogens is 4. The molecule has 1 aromatic carbocycles. The fourth-order valence-corrected chi connectivity index (χ4v) is 2.48. The lowest BCUT2D eigenvalue weighted by Gasteiger charge is -2.17. The number of hydrogen-bond donors (Lipinski definition) is 1. The van der Waals surface area contributed by atoms with Gasteiger partial charge in [-0.1, -0.05) is 5.10 Å². The van der Waals surface area contributed by atoms with Gasteiger partial charge in [0.05, 0.1) is 17.2 Å². The van der Waals surface area contributed by atoms with Crippen molar-refractivity contribution in [3.05, 3.63) is 22.2 Å². The second-order valence-electron chi connectivity index (χ2n) is 4.98. The summed E-state index contributed by atoms with van der Waals surface area (Å²) in [4.78, 5) is 0. The summed E-state index contributed by atoms with van der Waals surface area (Å²) in [6.45, 7) is 7.07. The predicted octanol–water partition coefficient (Wildman–Crippen LogP) is 2.77. The number of ether oxygens (including phenoxy) is 2. The van der Waals surface area contributed by atoms with Crippen molar-refractivity contribution < 1.29 is 9.47 Å². The van der Waals surface area contributed by atoms with E-state index >= 15 is 0 Å². The molecule has 0 aliphatic heterocycles. The van der Waals surface area contributed by atoms with Crippen molar-refractivity contribution >= 4 is 21.9 Å². The lowest BCUT2D eigenvalue weighted by atomic mass is 10.2. The molecular weight excluding hydrogens is 350 g/mol. The third-order valence-corrected chi connectivity index (χ3v) is 3.38. The summed E-state index contributed by atoms with van der Waals surface area (Å²) in [7, 11) is 1.78. The molecule has 0 unspecified atom stereocenters. The standard InChI is InChI=1S/C14H20BrN5O2/c1-5-21-12-7-10(6-11(15)13(12)22-9(2)3)8-16-14-17-18-19-20(14)4/h6-7,9H,5,8H2,1-4H3,(H,16,17,19). The van der Waals surface area contributed by atoms with Crippen LogP contribution >= 0.6 is 15.9 Å². The second-order valence-corrected chi connectivity index (χ2v) is 5.84. The topological polar surface area (TPSA) is 74.1 Å². The highest BCUT2D eigenvalue weighted by Crippen LogP contribution is 2.37. The summed E-state index contributed by atoms with van der Waals surface area (Å²) in [5, 5.41) is 14.4. The van der Waals surface area contributed by atoms with E-state index in [1.807, 2.05) is 32.9 Å². The number of tetrazole rings is 1. The normalized spacial score (nSPS) is 10.8. The van der Waals surface area contributed by atoms with Crippen molar-refractivity contribution in [2.24, 2.45) is 7.05 Å². The van der Waals surface area contributed by atoms with Crippen molar-refractivity contribution in [2.45, 2.75) is 33.4 Å². The molecule has 1 aromatic heterocycles. The minimum Gasteiger partial charge on any atom is -0.490 e. The molecule has 1 heterocycles. The molecule has 0 radical (unpaired) electrons. The van der Waals surface area contributed by atoms with E-state index < -0.39 is 0 Å². The summed E-state index contributed by atoms with van der Waals surface area (Å²) < 4.78 is 14.0. The molecule has 120 valence electrons. The van der Waals surface area contributed by atoms with Gasteiger partial charge < -0.3 is 14.8 Å². The van der Waals surface area contributed by atoms with Gasteiger partial charge in [-0.25, -0.2) is 4.68 Å². The van der Waals surface area contributed by atoms with Crippen LogP contribution in [-0.4, -0.2) is 32.9 Å². The van der Waals surface area contributed by atoms with Crippen LogP contribution in [0.15, 0.2) is 16.6 Å². The van der Waals surface area contributed by atoms with Crippen molar-refractivity contribution in [1.29, 1.82) is 0 Å². The van der Waals surface area contributed by atoms with E-state index in [1.54, 1.807) is 11.7 Å². The monoisotopic (exact) mass is 369 g/mol. The fourth-order valence-electron chi connectivity index (χ4n) is 1.90. The van der Waals surface area contributed by atoms with Crippen LogP contribution < -0.4 is 14.8 Å². The average molecular weight is 370 g/mol. The van der Waals surface area contributed by atoms with Gasteiger partial charge in [0.15, 0.2) is 11.5 Å². The van der Waals surface area contributed by atoms with Crippen LogP contribution in [0.25, 0.3) is 0 Å². The molecule has 2 rings (SSSR count). The zero-order valence-electron chi connectivity index (χ0n) is 13.1. The number of hydrogen-bond acceptors (Lipinski definition) is 6. The number of benzene rings is 1. The van der Waals surface area contributed by atoms with Crippen LogP contribution in [0, 0.1) is 0 Å². The summed E-state index contributed by atoms with van der Waals surface area (Å²) in [6, 6.07) is 3.96. The summed E-state index contributed by atoms with van der Waals surface area (Å²) in [5.41, 5.74) is 1.04. The fraction of sp³-hybridized carbons (Fsp3) is 0.500. The van der Waals surface area contributed by atoms with E-state index in [2.05, 4.69) is 36.8 Å². The number of nitrogens with zero attached hydrogens (tertiary/aromatic N) is 4. The van der Waals surface area contributed by atoms with E-state index in [1.165, 1.54) is 0 Å². The average Bonchev–Trinajstić information content (AvgIpc) is 2.86. The first-order valence-electron chi connectivity index (χ1n) is 7.09. The minimum absolute atomic E-state index is 0.0733. The lowest BCUT2D eigenvalue weighted by Crippen LogP contribution is -2.10. The quantitative estimate of drug-likeness (QED) is 0.808. The molecule has 0 amide bonds. The first-order chi connectivity index (χ1) is 10.5. The maximum absolute atomic E-state index is 5.82. The van der Waals surface area contributed by atoms with E-state index in [4.69, 9.17) is 9.47 Å². The van der Waals surface area contributed by atoms with E-state index in [0.29, 0.717) is 19.1 Å². The van der Waals surface area contributed by atoms with Gasteiger partial charge in [0.1, 0.15) is 0 Å². The van der Waals surface area contributed by atoms with Crippen molar-refractivity contribution in [3.8, 4) is 11.5 Å².